The number of alkyl halides is 6. The second kappa shape index (κ2) is 8.29. The molecule has 0 saturated carbocycles. The standard InChI is InChI=1S/C18H14F6N4O3S2/c19-17(20,21)11-2-1-5-25-16(11)27-6-8-28(9-7-27)33(29,30)15-4-3-13(32-15)12-10-14(31-26-12)18(22,23)24/h1-5,10H,6-9H2. The van der Waals surface area contributed by atoms with E-state index in [1.54, 1.807) is 0 Å². The molecular weight excluding hydrogens is 498 g/mol. The highest BCUT2D eigenvalue weighted by molar-refractivity contribution is 7.91. The topological polar surface area (TPSA) is 79.5 Å². The fraction of sp³-hybridized carbons (Fsp3) is 0.333. The summed E-state index contributed by atoms with van der Waals surface area (Å²) in [5.41, 5.74) is -1.07. The van der Waals surface area contributed by atoms with Crippen molar-refractivity contribution in [2.45, 2.75) is 16.6 Å². The van der Waals surface area contributed by atoms with Gasteiger partial charge in [0.25, 0.3) is 10.0 Å². The van der Waals surface area contributed by atoms with Crippen molar-refractivity contribution >= 4 is 27.2 Å². The van der Waals surface area contributed by atoms with Crippen LogP contribution < -0.4 is 4.90 Å². The second-order valence-electron chi connectivity index (χ2n) is 6.96. The molecule has 7 nitrogen and oxygen atoms in total. The van der Waals surface area contributed by atoms with Gasteiger partial charge in [0.2, 0.25) is 5.76 Å². The maximum atomic E-state index is 13.3. The summed E-state index contributed by atoms with van der Waals surface area (Å²) < 4.78 is 109. The van der Waals surface area contributed by atoms with Crippen molar-refractivity contribution in [3.63, 3.8) is 0 Å². The quantitative estimate of drug-likeness (QED) is 0.484. The fourth-order valence-electron chi connectivity index (χ4n) is 3.26. The number of thiophene rings is 1. The number of anilines is 1. The molecule has 178 valence electrons. The molecule has 15 heteroatoms. The molecule has 0 aliphatic carbocycles. The molecule has 1 aliphatic rings. The van der Waals surface area contributed by atoms with Crippen LogP contribution in [0.2, 0.25) is 0 Å². The number of nitrogens with zero attached hydrogens (tertiary/aromatic N) is 4. The third-order valence-corrected chi connectivity index (χ3v) is 8.32. The zero-order valence-electron chi connectivity index (χ0n) is 16.4. The molecule has 0 radical (unpaired) electrons. The van der Waals surface area contributed by atoms with E-state index < -0.39 is 33.7 Å². The van der Waals surface area contributed by atoms with Gasteiger partial charge in [0.05, 0.1) is 10.4 Å². The zero-order valence-corrected chi connectivity index (χ0v) is 18.0. The first kappa shape index (κ1) is 23.5. The number of halogens is 6. The maximum Gasteiger partial charge on any atom is 0.452 e. The van der Waals surface area contributed by atoms with Gasteiger partial charge in [0.1, 0.15) is 15.7 Å². The van der Waals surface area contributed by atoms with Gasteiger partial charge in [-0.3, -0.25) is 0 Å². The first-order chi connectivity index (χ1) is 15.4. The highest BCUT2D eigenvalue weighted by atomic mass is 32.2. The largest absolute Gasteiger partial charge is 0.452 e. The van der Waals surface area contributed by atoms with E-state index >= 15 is 0 Å². The van der Waals surface area contributed by atoms with Crippen molar-refractivity contribution in [2.75, 3.05) is 31.1 Å². The van der Waals surface area contributed by atoms with Gasteiger partial charge < -0.3 is 9.42 Å². The van der Waals surface area contributed by atoms with Gasteiger partial charge in [-0.1, -0.05) is 5.16 Å². The summed E-state index contributed by atoms with van der Waals surface area (Å²) in [7, 11) is -4.01. The smallest absolute Gasteiger partial charge is 0.353 e. The molecule has 3 aromatic heterocycles. The molecule has 0 amide bonds. The molecule has 4 heterocycles. The molecule has 1 saturated heterocycles. The molecule has 0 N–H and O–H groups in total. The van der Waals surface area contributed by atoms with Crippen LogP contribution in [0.5, 0.6) is 0 Å². The van der Waals surface area contributed by atoms with Crippen molar-refractivity contribution in [3.05, 3.63) is 47.9 Å². The lowest BCUT2D eigenvalue weighted by Gasteiger charge is -2.35. The van der Waals surface area contributed by atoms with Crippen molar-refractivity contribution in [1.29, 1.82) is 0 Å². The van der Waals surface area contributed by atoms with E-state index in [0.717, 1.165) is 21.7 Å². The van der Waals surface area contributed by atoms with Gasteiger partial charge in [-0.15, -0.1) is 11.3 Å². The van der Waals surface area contributed by atoms with Crippen LogP contribution in [0.3, 0.4) is 0 Å². The molecule has 1 fully saturated rings. The number of piperazine rings is 1. The van der Waals surface area contributed by atoms with E-state index in [4.69, 9.17) is 0 Å². The molecule has 33 heavy (non-hydrogen) atoms. The summed E-state index contributed by atoms with van der Waals surface area (Å²) in [5, 5.41) is 3.33. The third kappa shape index (κ3) is 4.70. The van der Waals surface area contributed by atoms with Crippen molar-refractivity contribution in [1.82, 2.24) is 14.4 Å². The number of hydrogen-bond acceptors (Lipinski definition) is 7. The minimum atomic E-state index is -4.73. The molecular formula is C18H14F6N4O3S2. The predicted molar refractivity (Wildman–Crippen MR) is 105 cm³/mol. The molecule has 0 unspecified atom stereocenters. The average Bonchev–Trinajstić information content (AvgIpc) is 3.43. The SMILES string of the molecule is O=S(=O)(c1ccc(-c2cc(C(F)(F)F)on2)s1)N1CCN(c2ncccc2C(F)(F)F)CC1. The maximum absolute atomic E-state index is 13.3. The van der Waals surface area contributed by atoms with Crippen molar-refractivity contribution in [2.24, 2.45) is 0 Å². The number of aromatic nitrogens is 2. The van der Waals surface area contributed by atoms with Gasteiger partial charge in [-0.05, 0) is 24.3 Å². The van der Waals surface area contributed by atoms with Crippen LogP contribution >= 0.6 is 11.3 Å². The van der Waals surface area contributed by atoms with Crippen LogP contribution in [0.25, 0.3) is 10.6 Å². The predicted octanol–water partition coefficient (Wildman–Crippen LogP) is 4.35. The molecule has 1 aliphatic heterocycles. The molecule has 0 atom stereocenters. The van der Waals surface area contributed by atoms with Gasteiger partial charge in [-0.2, -0.15) is 30.6 Å². The second-order valence-corrected chi connectivity index (χ2v) is 10.2. The summed E-state index contributed by atoms with van der Waals surface area (Å²) in [6.45, 7) is -0.219. The summed E-state index contributed by atoms with van der Waals surface area (Å²) in [4.78, 5) is 5.34. The fourth-order valence-corrected chi connectivity index (χ4v) is 6.09. The Morgan fingerprint density at radius 3 is 2.27 bits per heavy atom. The number of pyridine rings is 1. The average molecular weight is 512 g/mol. The normalized spacial score (nSPS) is 16.4. The Morgan fingerprint density at radius 2 is 1.67 bits per heavy atom. The third-order valence-electron chi connectivity index (χ3n) is 4.85. The van der Waals surface area contributed by atoms with Crippen LogP contribution in [-0.4, -0.2) is 49.0 Å². The molecule has 3 aromatic rings. The minimum Gasteiger partial charge on any atom is -0.353 e. The summed E-state index contributed by atoms with van der Waals surface area (Å²) in [5.74, 6) is -1.58. The molecule has 0 spiro atoms. The van der Waals surface area contributed by atoms with Gasteiger partial charge in [0, 0.05) is 38.4 Å². The highest BCUT2D eigenvalue weighted by Gasteiger charge is 2.38. The first-order valence-corrected chi connectivity index (χ1v) is 11.5. The van der Waals surface area contributed by atoms with Gasteiger partial charge in [0.15, 0.2) is 0 Å². The Morgan fingerprint density at radius 1 is 0.970 bits per heavy atom. The van der Waals surface area contributed by atoms with Crippen LogP contribution in [0, 0.1) is 0 Å². The number of hydrogen-bond donors (Lipinski definition) is 0. The van der Waals surface area contributed by atoms with Crippen LogP contribution in [0.15, 0.2) is 45.3 Å². The van der Waals surface area contributed by atoms with Crippen molar-refractivity contribution in [3.8, 4) is 10.6 Å². The van der Waals surface area contributed by atoms with E-state index in [1.807, 2.05) is 0 Å². The Bertz CT molecular complexity index is 1240. The van der Waals surface area contributed by atoms with E-state index in [0.29, 0.717) is 6.07 Å². The monoisotopic (exact) mass is 512 g/mol. The lowest BCUT2D eigenvalue weighted by atomic mass is 10.2. The Labute approximate surface area is 187 Å². The Kier molecular flexibility index (Phi) is 5.90. The Hall–Kier alpha value is -2.65. The molecule has 0 bridgehead atoms. The minimum absolute atomic E-state index is 0.0181. The van der Waals surface area contributed by atoms with Crippen LogP contribution in [0.1, 0.15) is 11.3 Å². The van der Waals surface area contributed by atoms with Crippen LogP contribution in [0.4, 0.5) is 32.2 Å². The van der Waals surface area contributed by atoms with E-state index in [2.05, 4.69) is 14.7 Å². The molecule has 0 aromatic carbocycles. The zero-order chi connectivity index (χ0) is 24.0. The first-order valence-electron chi connectivity index (χ1n) is 9.29. The summed E-state index contributed by atoms with van der Waals surface area (Å²) in [6.07, 6.45) is -8.10. The lowest BCUT2D eigenvalue weighted by molar-refractivity contribution is -0.155. The van der Waals surface area contributed by atoms with Gasteiger partial charge >= 0.3 is 12.4 Å². The van der Waals surface area contributed by atoms with E-state index in [9.17, 15) is 34.8 Å². The number of rotatable bonds is 4. The van der Waals surface area contributed by atoms with Gasteiger partial charge in [-0.25, -0.2) is 13.4 Å². The Balaban J connectivity index is 1.49. The lowest BCUT2D eigenvalue weighted by Crippen LogP contribution is -2.49. The van der Waals surface area contributed by atoms with Crippen LogP contribution in [-0.2, 0) is 22.4 Å². The summed E-state index contributed by atoms with van der Waals surface area (Å²) >= 11 is 0.719. The van der Waals surface area contributed by atoms with E-state index in [1.165, 1.54) is 29.3 Å². The molecule has 4 rings (SSSR count). The summed E-state index contributed by atoms with van der Waals surface area (Å²) in [6, 6.07) is 5.31. The number of sulfonamides is 1. The van der Waals surface area contributed by atoms with E-state index in [-0.39, 0.29) is 46.8 Å². The highest BCUT2D eigenvalue weighted by Crippen LogP contribution is 2.37. The van der Waals surface area contributed by atoms with Crippen molar-refractivity contribution < 1.29 is 39.3 Å².